The number of esters is 1. The topological polar surface area (TPSA) is 26.3 Å². The van der Waals surface area contributed by atoms with Crippen molar-refractivity contribution in [1.82, 2.24) is 0 Å². The molecule has 0 aliphatic carbocycles. The van der Waals surface area contributed by atoms with E-state index in [1.54, 1.807) is 13.0 Å². The molecule has 0 aliphatic rings. The number of rotatable bonds is 4. The molecule has 0 heterocycles. The lowest BCUT2D eigenvalue weighted by Gasteiger charge is -2.01. The lowest BCUT2D eigenvalue weighted by Crippen LogP contribution is -2.08. The summed E-state index contributed by atoms with van der Waals surface area (Å²) < 4.78 is 4.75. The van der Waals surface area contributed by atoms with E-state index in [0.717, 1.165) is 5.57 Å². The molecular weight excluding hydrogens is 152 g/mol. The van der Waals surface area contributed by atoms with Crippen LogP contribution in [0.5, 0.6) is 0 Å². The molecular formula is C10H14O2. The summed E-state index contributed by atoms with van der Waals surface area (Å²) in [6, 6.07) is 0. The predicted molar refractivity (Wildman–Crippen MR) is 49.4 cm³/mol. The van der Waals surface area contributed by atoms with E-state index in [-0.39, 0.29) is 11.9 Å². The van der Waals surface area contributed by atoms with E-state index in [1.807, 2.05) is 6.92 Å². The molecule has 0 radical (unpaired) electrons. The number of carbonyl (C=O) groups excluding carboxylic acids is 1. The fourth-order valence-electron chi connectivity index (χ4n) is 0.421. The Labute approximate surface area is 73.2 Å². The zero-order valence-corrected chi connectivity index (χ0v) is 7.54. The first kappa shape index (κ1) is 10.7. The van der Waals surface area contributed by atoms with E-state index in [9.17, 15) is 4.79 Å². The molecule has 0 fully saturated rings. The van der Waals surface area contributed by atoms with Gasteiger partial charge in [-0.1, -0.05) is 18.2 Å². The first-order valence-corrected chi connectivity index (χ1v) is 3.73. The zero-order chi connectivity index (χ0) is 9.56. The third-order valence-corrected chi connectivity index (χ3v) is 1.26. The van der Waals surface area contributed by atoms with Gasteiger partial charge in [-0.15, -0.1) is 6.58 Å². The minimum absolute atomic E-state index is 0.264. The summed E-state index contributed by atoms with van der Waals surface area (Å²) in [6.45, 7) is 10.6. The first-order valence-electron chi connectivity index (χ1n) is 3.73. The maximum absolute atomic E-state index is 11.0. The van der Waals surface area contributed by atoms with Gasteiger partial charge in [0.25, 0.3) is 0 Å². The van der Waals surface area contributed by atoms with E-state index in [1.165, 1.54) is 12.3 Å². The first-order chi connectivity index (χ1) is 5.57. The number of allylic oxidation sites excluding steroid dienone is 2. The Morgan fingerprint density at radius 1 is 1.58 bits per heavy atom. The number of hydrogen-bond acceptors (Lipinski definition) is 2. The summed E-state index contributed by atoms with van der Waals surface area (Å²) in [5.41, 5.74) is 0.842. The molecule has 2 nitrogen and oxygen atoms in total. The summed E-state index contributed by atoms with van der Waals surface area (Å²) in [4.78, 5) is 11.0. The molecule has 0 aliphatic heterocycles. The van der Waals surface area contributed by atoms with E-state index < -0.39 is 0 Å². The van der Waals surface area contributed by atoms with Gasteiger partial charge in [0, 0.05) is 0 Å². The van der Waals surface area contributed by atoms with E-state index in [0.29, 0.717) is 0 Å². The average molecular weight is 166 g/mol. The molecule has 0 amide bonds. The SMILES string of the molecule is C=CC(C)C(=O)O/C=C/C(=C)C. The summed E-state index contributed by atoms with van der Waals surface area (Å²) in [6.07, 6.45) is 4.51. The van der Waals surface area contributed by atoms with Crippen molar-refractivity contribution in [3.63, 3.8) is 0 Å². The van der Waals surface area contributed by atoms with Gasteiger partial charge in [-0.2, -0.15) is 0 Å². The van der Waals surface area contributed by atoms with Crippen molar-refractivity contribution in [2.24, 2.45) is 5.92 Å². The zero-order valence-electron chi connectivity index (χ0n) is 7.54. The quantitative estimate of drug-likeness (QED) is 0.277. The van der Waals surface area contributed by atoms with Gasteiger partial charge in [0.15, 0.2) is 0 Å². The van der Waals surface area contributed by atoms with E-state index >= 15 is 0 Å². The molecule has 0 aromatic heterocycles. The lowest BCUT2D eigenvalue weighted by molar-refractivity contribution is -0.140. The fourth-order valence-corrected chi connectivity index (χ4v) is 0.421. The molecule has 0 bridgehead atoms. The van der Waals surface area contributed by atoms with Gasteiger partial charge in [-0.25, -0.2) is 0 Å². The van der Waals surface area contributed by atoms with Gasteiger partial charge in [0.1, 0.15) is 0 Å². The van der Waals surface area contributed by atoms with E-state index in [4.69, 9.17) is 4.74 Å². The molecule has 66 valence electrons. The van der Waals surface area contributed by atoms with Crippen LogP contribution in [0.15, 0.2) is 37.1 Å². The van der Waals surface area contributed by atoms with Crippen LogP contribution >= 0.6 is 0 Å². The molecule has 2 heteroatoms. The Bertz CT molecular complexity index is 214. The lowest BCUT2D eigenvalue weighted by atomic mass is 10.2. The highest BCUT2D eigenvalue weighted by molar-refractivity contribution is 5.74. The monoisotopic (exact) mass is 166 g/mol. The van der Waals surface area contributed by atoms with Crippen LogP contribution in [0, 0.1) is 5.92 Å². The van der Waals surface area contributed by atoms with Crippen molar-refractivity contribution in [3.05, 3.63) is 37.1 Å². The number of ether oxygens (including phenoxy) is 1. The summed E-state index contributed by atoms with van der Waals surface area (Å²) in [5, 5.41) is 0. The van der Waals surface area contributed by atoms with Crippen molar-refractivity contribution in [2.75, 3.05) is 0 Å². The van der Waals surface area contributed by atoms with Crippen molar-refractivity contribution < 1.29 is 9.53 Å². The molecule has 1 atom stereocenters. The minimum Gasteiger partial charge on any atom is -0.434 e. The third-order valence-electron chi connectivity index (χ3n) is 1.26. The Morgan fingerprint density at radius 3 is 2.58 bits per heavy atom. The molecule has 12 heavy (non-hydrogen) atoms. The molecule has 0 aromatic rings. The average Bonchev–Trinajstić information content (AvgIpc) is 2.02. The van der Waals surface area contributed by atoms with Crippen LogP contribution in [-0.2, 0) is 9.53 Å². The van der Waals surface area contributed by atoms with Crippen LogP contribution in [0.1, 0.15) is 13.8 Å². The standard InChI is InChI=1S/C10H14O2/c1-5-9(4)10(11)12-7-6-8(2)3/h5-7,9H,1-2H2,3-4H3/b7-6+. The molecule has 0 saturated carbocycles. The van der Waals surface area contributed by atoms with E-state index in [2.05, 4.69) is 13.2 Å². The molecule has 1 unspecified atom stereocenters. The van der Waals surface area contributed by atoms with Crippen molar-refractivity contribution in [3.8, 4) is 0 Å². The largest absolute Gasteiger partial charge is 0.434 e. The van der Waals surface area contributed by atoms with Gasteiger partial charge in [-0.3, -0.25) is 4.79 Å². The maximum Gasteiger partial charge on any atom is 0.317 e. The van der Waals surface area contributed by atoms with Gasteiger partial charge in [-0.05, 0) is 19.9 Å². The number of hydrogen-bond donors (Lipinski definition) is 0. The second-order valence-electron chi connectivity index (χ2n) is 2.61. The third kappa shape index (κ3) is 4.50. The summed E-state index contributed by atoms with van der Waals surface area (Å²) >= 11 is 0. The van der Waals surface area contributed by atoms with Gasteiger partial charge in [0.2, 0.25) is 0 Å². The van der Waals surface area contributed by atoms with Crippen molar-refractivity contribution in [2.45, 2.75) is 13.8 Å². The van der Waals surface area contributed by atoms with Crippen LogP contribution in [-0.4, -0.2) is 5.97 Å². The molecule has 0 N–H and O–H groups in total. The normalized spacial score (nSPS) is 12.5. The highest BCUT2D eigenvalue weighted by Gasteiger charge is 2.07. The predicted octanol–water partition coefficient (Wildman–Crippen LogP) is 2.44. The summed E-state index contributed by atoms with van der Waals surface area (Å²) in [7, 11) is 0. The van der Waals surface area contributed by atoms with Crippen LogP contribution in [0.2, 0.25) is 0 Å². The minimum atomic E-state index is -0.303. The Balaban J connectivity index is 3.86. The van der Waals surface area contributed by atoms with Crippen molar-refractivity contribution >= 4 is 5.97 Å². The smallest absolute Gasteiger partial charge is 0.317 e. The fraction of sp³-hybridized carbons (Fsp3) is 0.300. The van der Waals surface area contributed by atoms with Crippen LogP contribution in [0.25, 0.3) is 0 Å². The van der Waals surface area contributed by atoms with Crippen LogP contribution in [0.3, 0.4) is 0 Å². The molecule has 0 rings (SSSR count). The highest BCUT2D eigenvalue weighted by Crippen LogP contribution is 2.00. The molecule has 0 saturated heterocycles. The van der Waals surface area contributed by atoms with Crippen LogP contribution in [0.4, 0.5) is 0 Å². The van der Waals surface area contributed by atoms with Gasteiger partial charge in [0.05, 0.1) is 12.2 Å². The second kappa shape index (κ2) is 5.35. The summed E-state index contributed by atoms with van der Waals surface area (Å²) in [5.74, 6) is -0.567. The Hall–Kier alpha value is -1.31. The van der Waals surface area contributed by atoms with Gasteiger partial charge >= 0.3 is 5.97 Å². The van der Waals surface area contributed by atoms with Gasteiger partial charge < -0.3 is 4.74 Å². The molecule has 0 aromatic carbocycles. The Morgan fingerprint density at radius 2 is 2.17 bits per heavy atom. The maximum atomic E-state index is 11.0. The highest BCUT2D eigenvalue weighted by atomic mass is 16.5. The second-order valence-corrected chi connectivity index (χ2v) is 2.61. The van der Waals surface area contributed by atoms with Crippen LogP contribution < -0.4 is 0 Å². The number of carbonyl (C=O) groups is 1. The Kier molecular flexibility index (Phi) is 4.77. The molecule has 0 spiro atoms. The van der Waals surface area contributed by atoms with Crippen molar-refractivity contribution in [1.29, 1.82) is 0 Å².